The average Bonchev–Trinajstić information content (AvgIpc) is 3.02. The molecule has 0 spiro atoms. The van der Waals surface area contributed by atoms with Crippen LogP contribution in [0.4, 0.5) is 0 Å². The van der Waals surface area contributed by atoms with E-state index >= 15 is 0 Å². The van der Waals surface area contributed by atoms with E-state index < -0.39 is 0 Å². The molecule has 3 aromatic rings. The molecule has 6 heteroatoms. The van der Waals surface area contributed by atoms with E-state index in [9.17, 15) is 9.90 Å². The molecule has 1 amide bonds. The van der Waals surface area contributed by atoms with Crippen LogP contribution in [0, 0.1) is 0 Å². The number of thiazole rings is 1. The lowest BCUT2D eigenvalue weighted by Gasteiger charge is -2.04. The van der Waals surface area contributed by atoms with Gasteiger partial charge >= 0.3 is 0 Å². The standard InChI is InChI=1S/C17H15N3O2S/c21-14-7-4-8-18-16(14)17-20-13(11-23-17)9-15(22)19-10-12-5-2-1-3-6-12/h1-8,11,21H,9-10H2,(H,19,22). The van der Waals surface area contributed by atoms with Crippen LogP contribution in [0.3, 0.4) is 0 Å². The summed E-state index contributed by atoms with van der Waals surface area (Å²) in [5, 5.41) is 15.1. The van der Waals surface area contributed by atoms with Crippen LogP contribution in [0.15, 0.2) is 54.0 Å². The Labute approximate surface area is 137 Å². The number of aromatic nitrogens is 2. The highest BCUT2D eigenvalue weighted by Gasteiger charge is 2.12. The zero-order valence-electron chi connectivity index (χ0n) is 12.3. The molecule has 0 aliphatic carbocycles. The van der Waals surface area contributed by atoms with Gasteiger partial charge in [-0.25, -0.2) is 9.97 Å². The lowest BCUT2D eigenvalue weighted by molar-refractivity contribution is -0.120. The fraction of sp³-hybridized carbons (Fsp3) is 0.118. The molecule has 2 N–H and O–H groups in total. The number of carbonyl (C=O) groups excluding carboxylic acids is 1. The molecule has 0 saturated carbocycles. The maximum Gasteiger partial charge on any atom is 0.226 e. The van der Waals surface area contributed by atoms with Gasteiger partial charge in [0.2, 0.25) is 5.91 Å². The number of carbonyl (C=O) groups is 1. The number of nitrogens with one attached hydrogen (secondary N) is 1. The molecule has 0 radical (unpaired) electrons. The largest absolute Gasteiger partial charge is 0.506 e. The average molecular weight is 325 g/mol. The van der Waals surface area contributed by atoms with E-state index in [-0.39, 0.29) is 18.1 Å². The molecule has 0 aliphatic heterocycles. The van der Waals surface area contributed by atoms with Gasteiger partial charge in [0.1, 0.15) is 16.5 Å². The van der Waals surface area contributed by atoms with Gasteiger partial charge in [-0.15, -0.1) is 11.3 Å². The molecule has 0 atom stereocenters. The summed E-state index contributed by atoms with van der Waals surface area (Å²) in [6.45, 7) is 0.498. The highest BCUT2D eigenvalue weighted by molar-refractivity contribution is 7.13. The molecular weight excluding hydrogens is 310 g/mol. The SMILES string of the molecule is O=C(Cc1csc(-c2ncccc2O)n1)NCc1ccccc1. The minimum absolute atomic E-state index is 0.0851. The van der Waals surface area contributed by atoms with Gasteiger partial charge in [-0.1, -0.05) is 30.3 Å². The first-order chi connectivity index (χ1) is 11.2. The number of rotatable bonds is 5. The minimum atomic E-state index is -0.0871. The summed E-state index contributed by atoms with van der Waals surface area (Å²) >= 11 is 1.36. The van der Waals surface area contributed by atoms with Crippen molar-refractivity contribution in [3.8, 4) is 16.5 Å². The van der Waals surface area contributed by atoms with Crippen molar-refractivity contribution >= 4 is 17.2 Å². The van der Waals surface area contributed by atoms with Crippen molar-refractivity contribution in [2.75, 3.05) is 0 Å². The van der Waals surface area contributed by atoms with E-state index in [0.717, 1.165) is 5.56 Å². The van der Waals surface area contributed by atoms with Crippen LogP contribution in [0.2, 0.25) is 0 Å². The van der Waals surface area contributed by atoms with Crippen molar-refractivity contribution in [3.05, 3.63) is 65.3 Å². The molecular formula is C17H15N3O2S. The number of hydrogen-bond donors (Lipinski definition) is 2. The van der Waals surface area contributed by atoms with E-state index in [0.29, 0.717) is 22.9 Å². The number of pyridine rings is 1. The lowest BCUT2D eigenvalue weighted by Crippen LogP contribution is -2.24. The van der Waals surface area contributed by atoms with E-state index in [1.807, 2.05) is 35.7 Å². The Morgan fingerprint density at radius 3 is 2.78 bits per heavy atom. The fourth-order valence-electron chi connectivity index (χ4n) is 2.08. The molecule has 2 heterocycles. The summed E-state index contributed by atoms with van der Waals surface area (Å²) in [6, 6.07) is 13.0. The van der Waals surface area contributed by atoms with Gasteiger partial charge < -0.3 is 10.4 Å². The smallest absolute Gasteiger partial charge is 0.226 e. The second-order valence-corrected chi connectivity index (χ2v) is 5.81. The summed E-state index contributed by atoms with van der Waals surface area (Å²) in [6.07, 6.45) is 1.81. The monoisotopic (exact) mass is 325 g/mol. The molecule has 2 aromatic heterocycles. The van der Waals surface area contributed by atoms with Gasteiger partial charge in [-0.3, -0.25) is 4.79 Å². The predicted octanol–water partition coefficient (Wildman–Crippen LogP) is 2.77. The highest BCUT2D eigenvalue weighted by atomic mass is 32.1. The summed E-state index contributed by atoms with van der Waals surface area (Å²) in [4.78, 5) is 20.5. The molecule has 0 aliphatic rings. The zero-order valence-corrected chi connectivity index (χ0v) is 13.1. The van der Waals surface area contributed by atoms with E-state index in [4.69, 9.17) is 0 Å². The molecule has 0 unspecified atom stereocenters. The Balaban J connectivity index is 1.61. The Morgan fingerprint density at radius 1 is 1.17 bits per heavy atom. The van der Waals surface area contributed by atoms with Gasteiger partial charge in [-0.05, 0) is 17.7 Å². The molecule has 0 saturated heterocycles. The second kappa shape index (κ2) is 7.02. The molecule has 3 rings (SSSR count). The molecule has 23 heavy (non-hydrogen) atoms. The van der Waals surface area contributed by atoms with Crippen LogP contribution < -0.4 is 5.32 Å². The Bertz CT molecular complexity index is 802. The molecule has 116 valence electrons. The Hall–Kier alpha value is -2.73. The van der Waals surface area contributed by atoms with Crippen molar-refractivity contribution < 1.29 is 9.90 Å². The van der Waals surface area contributed by atoms with Crippen molar-refractivity contribution in [1.29, 1.82) is 0 Å². The van der Waals surface area contributed by atoms with E-state index in [2.05, 4.69) is 15.3 Å². The number of nitrogens with zero attached hydrogens (tertiary/aromatic N) is 2. The van der Waals surface area contributed by atoms with Gasteiger partial charge in [-0.2, -0.15) is 0 Å². The van der Waals surface area contributed by atoms with Crippen molar-refractivity contribution in [2.45, 2.75) is 13.0 Å². The minimum Gasteiger partial charge on any atom is -0.506 e. The summed E-state index contributed by atoms with van der Waals surface area (Å²) in [5.41, 5.74) is 2.16. The maximum atomic E-state index is 12.0. The molecule has 0 bridgehead atoms. The van der Waals surface area contributed by atoms with Crippen LogP contribution in [-0.2, 0) is 17.8 Å². The first kappa shape index (κ1) is 15.2. The van der Waals surface area contributed by atoms with Gasteiger partial charge in [0.15, 0.2) is 0 Å². The Morgan fingerprint density at radius 2 is 2.00 bits per heavy atom. The quantitative estimate of drug-likeness (QED) is 0.756. The fourth-order valence-corrected chi connectivity index (χ4v) is 2.90. The summed E-state index contributed by atoms with van der Waals surface area (Å²) in [5.74, 6) is -0.00197. The van der Waals surface area contributed by atoms with Crippen LogP contribution in [-0.4, -0.2) is 21.0 Å². The summed E-state index contributed by atoms with van der Waals surface area (Å²) < 4.78 is 0. The normalized spacial score (nSPS) is 10.4. The van der Waals surface area contributed by atoms with Crippen LogP contribution in [0.25, 0.3) is 10.7 Å². The first-order valence-electron chi connectivity index (χ1n) is 7.12. The number of benzene rings is 1. The van der Waals surface area contributed by atoms with E-state index in [1.54, 1.807) is 18.3 Å². The van der Waals surface area contributed by atoms with E-state index in [1.165, 1.54) is 11.3 Å². The number of aromatic hydroxyl groups is 1. The van der Waals surface area contributed by atoms with Crippen molar-refractivity contribution in [1.82, 2.24) is 15.3 Å². The third-order valence-electron chi connectivity index (χ3n) is 3.21. The topological polar surface area (TPSA) is 75.1 Å². The van der Waals surface area contributed by atoms with Gasteiger partial charge in [0.05, 0.1) is 12.1 Å². The number of hydrogen-bond acceptors (Lipinski definition) is 5. The van der Waals surface area contributed by atoms with Gasteiger partial charge in [0.25, 0.3) is 0 Å². The highest BCUT2D eigenvalue weighted by Crippen LogP contribution is 2.28. The van der Waals surface area contributed by atoms with Crippen LogP contribution in [0.5, 0.6) is 5.75 Å². The van der Waals surface area contributed by atoms with Gasteiger partial charge in [0, 0.05) is 18.1 Å². The Kier molecular flexibility index (Phi) is 4.63. The molecule has 1 aromatic carbocycles. The van der Waals surface area contributed by atoms with Crippen LogP contribution in [0.1, 0.15) is 11.3 Å². The molecule has 0 fully saturated rings. The maximum absolute atomic E-state index is 12.0. The number of amides is 1. The molecule has 5 nitrogen and oxygen atoms in total. The zero-order chi connectivity index (χ0) is 16.1. The second-order valence-electron chi connectivity index (χ2n) is 4.95. The third-order valence-corrected chi connectivity index (χ3v) is 4.11. The summed E-state index contributed by atoms with van der Waals surface area (Å²) in [7, 11) is 0. The lowest BCUT2D eigenvalue weighted by atomic mass is 10.2. The van der Waals surface area contributed by atoms with Crippen LogP contribution >= 0.6 is 11.3 Å². The van der Waals surface area contributed by atoms with Crippen molar-refractivity contribution in [3.63, 3.8) is 0 Å². The van der Waals surface area contributed by atoms with Crippen molar-refractivity contribution in [2.24, 2.45) is 0 Å². The predicted molar refractivity (Wildman–Crippen MR) is 89.0 cm³/mol. The first-order valence-corrected chi connectivity index (χ1v) is 8.00. The third kappa shape index (κ3) is 3.92.